The van der Waals surface area contributed by atoms with Gasteiger partial charge >= 0.3 is 0 Å². The molecule has 0 bridgehead atoms. The van der Waals surface area contributed by atoms with E-state index < -0.39 is 4.92 Å². The van der Waals surface area contributed by atoms with Crippen molar-refractivity contribution >= 4 is 12.0 Å². The van der Waals surface area contributed by atoms with Gasteiger partial charge in [0, 0.05) is 23.9 Å². The molecule has 0 spiro atoms. The first-order valence-electron chi connectivity index (χ1n) is 4.87. The smallest absolute Gasteiger partial charge is 0.270 e. The lowest BCUT2D eigenvalue weighted by molar-refractivity contribution is -0.384. The number of aryl methyl sites for hydroxylation is 1. The lowest BCUT2D eigenvalue weighted by atomic mass is 10.2. The van der Waals surface area contributed by atoms with Gasteiger partial charge in [-0.15, -0.1) is 0 Å². The van der Waals surface area contributed by atoms with Crippen LogP contribution in [0, 0.1) is 17.0 Å². The van der Waals surface area contributed by atoms with Crippen LogP contribution in [0.4, 0.5) is 5.69 Å². The van der Waals surface area contributed by atoms with Crippen LogP contribution in [0.2, 0.25) is 0 Å². The monoisotopic (exact) mass is 231 g/mol. The van der Waals surface area contributed by atoms with Crippen molar-refractivity contribution in [2.75, 3.05) is 0 Å². The molecule has 86 valence electrons. The third-order valence-corrected chi connectivity index (χ3v) is 2.31. The summed E-state index contributed by atoms with van der Waals surface area (Å²) in [5, 5.41) is 14.6. The van der Waals surface area contributed by atoms with Crippen LogP contribution < -0.4 is 0 Å². The molecular weight excluding hydrogens is 222 g/mol. The van der Waals surface area contributed by atoms with E-state index in [0.717, 1.165) is 5.56 Å². The summed E-state index contributed by atoms with van der Waals surface area (Å²) >= 11 is 0. The van der Waals surface area contributed by atoms with Gasteiger partial charge in [0.25, 0.3) is 5.69 Å². The molecule has 6 heteroatoms. The highest BCUT2D eigenvalue weighted by Gasteiger charge is 2.11. The van der Waals surface area contributed by atoms with Gasteiger partial charge in [0.15, 0.2) is 6.29 Å². The minimum atomic E-state index is -0.537. The number of nitro benzene ring substituents is 1. The van der Waals surface area contributed by atoms with Crippen LogP contribution in [0.15, 0.2) is 30.6 Å². The Labute approximate surface area is 96.6 Å². The van der Waals surface area contributed by atoms with Gasteiger partial charge in [-0.05, 0) is 18.6 Å². The summed E-state index contributed by atoms with van der Waals surface area (Å²) in [6.07, 6.45) is 3.98. The van der Waals surface area contributed by atoms with E-state index >= 15 is 0 Å². The molecule has 6 nitrogen and oxygen atoms in total. The van der Waals surface area contributed by atoms with Crippen molar-refractivity contribution in [1.29, 1.82) is 0 Å². The first-order chi connectivity index (χ1) is 8.11. The van der Waals surface area contributed by atoms with Gasteiger partial charge in [0.2, 0.25) is 0 Å². The van der Waals surface area contributed by atoms with Crippen molar-refractivity contribution in [3.8, 4) is 5.69 Å². The van der Waals surface area contributed by atoms with Gasteiger partial charge in [-0.1, -0.05) is 0 Å². The van der Waals surface area contributed by atoms with Crippen molar-refractivity contribution in [2.24, 2.45) is 0 Å². The van der Waals surface area contributed by atoms with Crippen molar-refractivity contribution in [3.63, 3.8) is 0 Å². The zero-order chi connectivity index (χ0) is 12.4. The number of benzene rings is 1. The maximum atomic E-state index is 10.9. The van der Waals surface area contributed by atoms with Gasteiger partial charge in [-0.3, -0.25) is 14.9 Å². The molecule has 17 heavy (non-hydrogen) atoms. The summed E-state index contributed by atoms with van der Waals surface area (Å²) in [5.74, 6) is 0. The predicted octanol–water partition coefficient (Wildman–Crippen LogP) is 1.90. The summed E-state index contributed by atoms with van der Waals surface area (Å²) in [4.78, 5) is 21.0. The van der Waals surface area contributed by atoms with E-state index in [4.69, 9.17) is 0 Å². The zero-order valence-electron chi connectivity index (χ0n) is 9.03. The van der Waals surface area contributed by atoms with E-state index in [2.05, 4.69) is 5.10 Å². The van der Waals surface area contributed by atoms with Crippen LogP contribution in [0.1, 0.15) is 15.9 Å². The molecule has 0 unspecified atom stereocenters. The Morgan fingerprint density at radius 1 is 1.47 bits per heavy atom. The highest BCUT2D eigenvalue weighted by Crippen LogP contribution is 2.19. The number of aromatic nitrogens is 2. The Balaban J connectivity index is 2.55. The minimum absolute atomic E-state index is 0.111. The standard InChI is InChI=1S/C11H9N3O3/c1-8-5-12-13(6-8)11-3-2-10(14(16)17)4-9(11)7-15/h2-7H,1H3. The molecule has 0 radical (unpaired) electrons. The van der Waals surface area contributed by atoms with E-state index in [1.54, 1.807) is 12.4 Å². The highest BCUT2D eigenvalue weighted by atomic mass is 16.6. The van der Waals surface area contributed by atoms with Crippen molar-refractivity contribution in [2.45, 2.75) is 6.92 Å². The molecule has 0 aliphatic carbocycles. The van der Waals surface area contributed by atoms with Gasteiger partial charge in [-0.25, -0.2) is 4.68 Å². The van der Waals surface area contributed by atoms with Crippen molar-refractivity contribution in [3.05, 3.63) is 51.8 Å². The molecule has 0 aliphatic rings. The average Bonchev–Trinajstić information content (AvgIpc) is 2.74. The Morgan fingerprint density at radius 2 is 2.24 bits per heavy atom. The SMILES string of the molecule is Cc1cnn(-c2ccc([N+](=O)[O-])cc2C=O)c1. The van der Waals surface area contributed by atoms with Crippen LogP contribution in [0.25, 0.3) is 5.69 Å². The number of aldehydes is 1. The zero-order valence-corrected chi connectivity index (χ0v) is 9.03. The van der Waals surface area contributed by atoms with Crippen molar-refractivity contribution in [1.82, 2.24) is 9.78 Å². The molecule has 0 fully saturated rings. The Kier molecular flexibility index (Phi) is 2.70. The largest absolute Gasteiger partial charge is 0.298 e. The minimum Gasteiger partial charge on any atom is -0.298 e. The van der Waals surface area contributed by atoms with Crippen LogP contribution in [0.3, 0.4) is 0 Å². The molecule has 0 saturated heterocycles. The molecule has 2 aromatic rings. The maximum Gasteiger partial charge on any atom is 0.270 e. The lowest BCUT2D eigenvalue weighted by Gasteiger charge is -2.04. The van der Waals surface area contributed by atoms with Gasteiger partial charge < -0.3 is 0 Å². The third-order valence-electron chi connectivity index (χ3n) is 2.31. The highest BCUT2D eigenvalue weighted by molar-refractivity contribution is 5.82. The van der Waals surface area contributed by atoms with Gasteiger partial charge in [-0.2, -0.15) is 5.10 Å². The summed E-state index contributed by atoms with van der Waals surface area (Å²) in [6.45, 7) is 1.87. The fraction of sp³-hybridized carbons (Fsp3) is 0.0909. The number of carbonyl (C=O) groups is 1. The normalized spacial score (nSPS) is 10.2. The van der Waals surface area contributed by atoms with Gasteiger partial charge in [0.05, 0.1) is 16.8 Å². The molecule has 0 N–H and O–H groups in total. The van der Waals surface area contributed by atoms with E-state index in [1.807, 2.05) is 6.92 Å². The number of non-ortho nitro benzene ring substituents is 1. The molecule has 0 saturated carbocycles. The molecule has 0 aliphatic heterocycles. The number of nitrogens with zero attached hydrogens (tertiary/aromatic N) is 3. The second kappa shape index (κ2) is 4.17. The number of nitro groups is 1. The van der Waals surface area contributed by atoms with Crippen LogP contribution in [-0.2, 0) is 0 Å². The fourth-order valence-electron chi connectivity index (χ4n) is 1.50. The predicted molar refractivity (Wildman–Crippen MR) is 60.3 cm³/mol. The second-order valence-electron chi connectivity index (χ2n) is 3.58. The Bertz CT molecular complexity index is 589. The number of hydrogen-bond acceptors (Lipinski definition) is 4. The third kappa shape index (κ3) is 2.05. The van der Waals surface area contributed by atoms with Crippen LogP contribution in [0.5, 0.6) is 0 Å². The van der Waals surface area contributed by atoms with Crippen molar-refractivity contribution < 1.29 is 9.72 Å². The van der Waals surface area contributed by atoms with Gasteiger partial charge in [0.1, 0.15) is 0 Å². The molecular formula is C11H9N3O3. The Hall–Kier alpha value is -2.50. The first kappa shape index (κ1) is 11.0. The molecule has 0 atom stereocenters. The second-order valence-corrected chi connectivity index (χ2v) is 3.58. The summed E-state index contributed by atoms with van der Waals surface area (Å²) < 4.78 is 1.52. The average molecular weight is 231 g/mol. The van der Waals surface area contributed by atoms with E-state index in [0.29, 0.717) is 12.0 Å². The topological polar surface area (TPSA) is 78.0 Å². The number of rotatable bonds is 3. The molecule has 1 aromatic heterocycles. The van der Waals surface area contributed by atoms with Crippen LogP contribution in [-0.4, -0.2) is 21.0 Å². The van der Waals surface area contributed by atoms with E-state index in [1.165, 1.54) is 22.9 Å². The first-order valence-corrected chi connectivity index (χ1v) is 4.87. The molecule has 1 heterocycles. The van der Waals surface area contributed by atoms with E-state index in [-0.39, 0.29) is 11.3 Å². The number of carbonyl (C=O) groups excluding carboxylic acids is 1. The maximum absolute atomic E-state index is 10.9. The van der Waals surface area contributed by atoms with E-state index in [9.17, 15) is 14.9 Å². The Morgan fingerprint density at radius 3 is 2.76 bits per heavy atom. The summed E-state index contributed by atoms with van der Waals surface area (Å²) in [7, 11) is 0. The van der Waals surface area contributed by atoms with Crippen LogP contribution >= 0.6 is 0 Å². The lowest BCUT2D eigenvalue weighted by Crippen LogP contribution is -2.00. The molecule has 1 aromatic carbocycles. The quantitative estimate of drug-likeness (QED) is 0.459. The summed E-state index contributed by atoms with van der Waals surface area (Å²) in [5.41, 5.74) is 1.60. The molecule has 0 amide bonds. The number of hydrogen-bond donors (Lipinski definition) is 0. The fourth-order valence-corrected chi connectivity index (χ4v) is 1.50. The molecule has 2 rings (SSSR count). The summed E-state index contributed by atoms with van der Waals surface area (Å²) in [6, 6.07) is 4.09.